The van der Waals surface area contributed by atoms with E-state index in [2.05, 4.69) is 0 Å². The Morgan fingerprint density at radius 1 is 1.33 bits per heavy atom. The van der Waals surface area contributed by atoms with E-state index in [0.29, 0.717) is 5.56 Å². The predicted molar refractivity (Wildman–Crippen MR) is 46.6 cm³/mol. The highest BCUT2D eigenvalue weighted by Crippen LogP contribution is 2.28. The van der Waals surface area contributed by atoms with Gasteiger partial charge in [0, 0.05) is 0 Å². The van der Waals surface area contributed by atoms with Gasteiger partial charge >= 0.3 is 0 Å². The average molecular weight is 168 g/mol. The second kappa shape index (κ2) is 3.23. The third-order valence-electron chi connectivity index (χ3n) is 2.12. The van der Waals surface area contributed by atoms with E-state index in [9.17, 15) is 4.39 Å². The average Bonchev–Trinajstić information content (AvgIpc) is 2.06. The third-order valence-corrected chi connectivity index (χ3v) is 2.12. The Balaban J connectivity index is 2.98. The van der Waals surface area contributed by atoms with Crippen LogP contribution in [-0.2, 0) is 5.67 Å². The van der Waals surface area contributed by atoms with E-state index in [1.165, 1.54) is 13.8 Å². The molecule has 12 heavy (non-hydrogen) atoms. The summed E-state index contributed by atoms with van der Waals surface area (Å²) in [6.45, 7) is 2.83. The Labute approximate surface area is 71.9 Å². The van der Waals surface area contributed by atoms with Crippen molar-refractivity contribution in [3.05, 3.63) is 35.9 Å². The van der Waals surface area contributed by atoms with Crippen molar-refractivity contribution in [3.8, 4) is 0 Å². The van der Waals surface area contributed by atoms with E-state index in [1.54, 1.807) is 24.3 Å². The summed E-state index contributed by atoms with van der Waals surface area (Å²) in [7, 11) is 0. The summed E-state index contributed by atoms with van der Waals surface area (Å²) < 4.78 is 13.7. The number of rotatable bonds is 2. The lowest BCUT2D eigenvalue weighted by Gasteiger charge is -2.23. The Bertz CT molecular complexity index is 241. The standard InChI is InChI=1S/C10H13FO/c1-8(12)10(2,11)9-6-4-3-5-7-9/h3-8,12H,1-2H3/t8-,10+/m1/s1. The van der Waals surface area contributed by atoms with Crippen LogP contribution in [0.3, 0.4) is 0 Å². The molecule has 0 saturated heterocycles. The molecule has 0 radical (unpaired) electrons. The summed E-state index contributed by atoms with van der Waals surface area (Å²) in [6, 6.07) is 8.69. The maximum Gasteiger partial charge on any atom is 0.158 e. The number of hydrogen-bond acceptors (Lipinski definition) is 1. The minimum Gasteiger partial charge on any atom is -0.390 e. The molecule has 1 rings (SSSR count). The molecule has 2 heteroatoms. The van der Waals surface area contributed by atoms with Crippen molar-refractivity contribution in [1.29, 1.82) is 0 Å². The molecule has 0 fully saturated rings. The molecule has 0 aromatic heterocycles. The van der Waals surface area contributed by atoms with Crippen molar-refractivity contribution in [2.45, 2.75) is 25.6 Å². The van der Waals surface area contributed by atoms with E-state index in [4.69, 9.17) is 5.11 Å². The fourth-order valence-electron chi connectivity index (χ4n) is 1.01. The molecule has 0 heterocycles. The zero-order valence-corrected chi connectivity index (χ0v) is 7.29. The quantitative estimate of drug-likeness (QED) is 0.718. The summed E-state index contributed by atoms with van der Waals surface area (Å²) in [5.41, 5.74) is -1.14. The molecule has 0 aliphatic carbocycles. The summed E-state index contributed by atoms with van der Waals surface area (Å²) in [5, 5.41) is 9.16. The van der Waals surface area contributed by atoms with Gasteiger partial charge in [-0.2, -0.15) is 0 Å². The van der Waals surface area contributed by atoms with Gasteiger partial charge in [-0.15, -0.1) is 0 Å². The van der Waals surface area contributed by atoms with Crippen LogP contribution < -0.4 is 0 Å². The van der Waals surface area contributed by atoms with Gasteiger partial charge in [0.25, 0.3) is 0 Å². The van der Waals surface area contributed by atoms with Gasteiger partial charge in [0.15, 0.2) is 5.67 Å². The van der Waals surface area contributed by atoms with Crippen molar-refractivity contribution in [1.82, 2.24) is 0 Å². The fourth-order valence-corrected chi connectivity index (χ4v) is 1.01. The van der Waals surface area contributed by atoms with Crippen molar-refractivity contribution < 1.29 is 9.50 Å². The summed E-state index contributed by atoms with van der Waals surface area (Å²) in [6.07, 6.45) is -0.986. The number of benzene rings is 1. The summed E-state index contributed by atoms with van der Waals surface area (Å²) >= 11 is 0. The number of alkyl halides is 1. The minimum atomic E-state index is -1.65. The molecule has 0 bridgehead atoms. The van der Waals surface area contributed by atoms with Crippen LogP contribution >= 0.6 is 0 Å². The molecule has 0 amide bonds. The van der Waals surface area contributed by atoms with E-state index in [-0.39, 0.29) is 0 Å². The zero-order valence-electron chi connectivity index (χ0n) is 7.29. The molecule has 66 valence electrons. The highest BCUT2D eigenvalue weighted by atomic mass is 19.1. The van der Waals surface area contributed by atoms with Gasteiger partial charge in [-0.25, -0.2) is 4.39 Å². The highest BCUT2D eigenvalue weighted by Gasteiger charge is 2.31. The van der Waals surface area contributed by atoms with Crippen LogP contribution in [0.5, 0.6) is 0 Å². The Hall–Kier alpha value is -0.890. The Morgan fingerprint density at radius 3 is 2.25 bits per heavy atom. The first kappa shape index (κ1) is 9.20. The largest absolute Gasteiger partial charge is 0.390 e. The lowest BCUT2D eigenvalue weighted by atomic mass is 9.93. The highest BCUT2D eigenvalue weighted by molar-refractivity contribution is 5.22. The topological polar surface area (TPSA) is 20.2 Å². The second-order valence-electron chi connectivity index (χ2n) is 3.12. The van der Waals surface area contributed by atoms with Gasteiger partial charge in [0.1, 0.15) is 0 Å². The number of aliphatic hydroxyl groups is 1. The maximum atomic E-state index is 13.7. The molecule has 0 aliphatic rings. The molecular formula is C10H13FO. The van der Waals surface area contributed by atoms with Crippen LogP contribution in [0.4, 0.5) is 4.39 Å². The number of aliphatic hydroxyl groups excluding tert-OH is 1. The maximum absolute atomic E-state index is 13.7. The van der Waals surface area contributed by atoms with Crippen LogP contribution in [0.2, 0.25) is 0 Å². The van der Waals surface area contributed by atoms with Gasteiger partial charge in [-0.1, -0.05) is 30.3 Å². The van der Waals surface area contributed by atoms with E-state index in [1.807, 2.05) is 6.07 Å². The van der Waals surface area contributed by atoms with E-state index in [0.717, 1.165) is 0 Å². The third kappa shape index (κ3) is 1.64. The number of halogens is 1. The first-order chi connectivity index (χ1) is 5.55. The van der Waals surface area contributed by atoms with Gasteiger partial charge in [-0.3, -0.25) is 0 Å². The monoisotopic (exact) mass is 168 g/mol. The van der Waals surface area contributed by atoms with Crippen molar-refractivity contribution in [2.75, 3.05) is 0 Å². The Morgan fingerprint density at radius 2 is 1.83 bits per heavy atom. The molecule has 0 aliphatic heterocycles. The molecule has 0 spiro atoms. The van der Waals surface area contributed by atoms with Gasteiger partial charge < -0.3 is 5.11 Å². The van der Waals surface area contributed by atoms with Gasteiger partial charge in [0.2, 0.25) is 0 Å². The van der Waals surface area contributed by atoms with Gasteiger partial charge in [-0.05, 0) is 19.4 Å². The van der Waals surface area contributed by atoms with Crippen LogP contribution in [-0.4, -0.2) is 11.2 Å². The van der Waals surface area contributed by atoms with Crippen LogP contribution in [0.15, 0.2) is 30.3 Å². The summed E-state index contributed by atoms with van der Waals surface area (Å²) in [5.74, 6) is 0. The molecule has 1 N–H and O–H groups in total. The van der Waals surface area contributed by atoms with Crippen molar-refractivity contribution in [3.63, 3.8) is 0 Å². The molecule has 1 aromatic rings. The van der Waals surface area contributed by atoms with Crippen LogP contribution in [0.1, 0.15) is 19.4 Å². The minimum absolute atomic E-state index is 0.514. The zero-order chi connectivity index (χ0) is 9.19. The first-order valence-corrected chi connectivity index (χ1v) is 3.97. The van der Waals surface area contributed by atoms with Gasteiger partial charge in [0.05, 0.1) is 6.10 Å². The van der Waals surface area contributed by atoms with E-state index < -0.39 is 11.8 Å². The molecule has 0 saturated carbocycles. The van der Waals surface area contributed by atoms with Crippen LogP contribution in [0.25, 0.3) is 0 Å². The Kier molecular flexibility index (Phi) is 2.48. The molecule has 2 atom stereocenters. The summed E-state index contributed by atoms with van der Waals surface area (Å²) in [4.78, 5) is 0. The molecule has 0 unspecified atom stereocenters. The fraction of sp³-hybridized carbons (Fsp3) is 0.400. The van der Waals surface area contributed by atoms with Crippen molar-refractivity contribution >= 4 is 0 Å². The SMILES string of the molecule is C[C@@H](O)[C@](C)(F)c1ccccc1. The lowest BCUT2D eigenvalue weighted by molar-refractivity contribution is 0.0136. The first-order valence-electron chi connectivity index (χ1n) is 3.97. The lowest BCUT2D eigenvalue weighted by Crippen LogP contribution is -2.29. The molecule has 1 nitrogen and oxygen atoms in total. The second-order valence-corrected chi connectivity index (χ2v) is 3.12. The normalized spacial score (nSPS) is 18.3. The molecular weight excluding hydrogens is 155 g/mol. The van der Waals surface area contributed by atoms with Crippen LogP contribution in [0, 0.1) is 0 Å². The predicted octanol–water partition coefficient (Wildman–Crippen LogP) is 2.25. The number of hydrogen-bond donors (Lipinski definition) is 1. The van der Waals surface area contributed by atoms with Crippen molar-refractivity contribution in [2.24, 2.45) is 0 Å². The van der Waals surface area contributed by atoms with E-state index >= 15 is 0 Å². The molecule has 1 aromatic carbocycles. The smallest absolute Gasteiger partial charge is 0.158 e.